The minimum Gasteiger partial charge on any atom is -0.347 e. The fraction of sp³-hybridized carbons (Fsp3) is 0.467. The van der Waals surface area contributed by atoms with Crippen LogP contribution in [0.4, 0.5) is 26.3 Å². The summed E-state index contributed by atoms with van der Waals surface area (Å²) in [4.78, 5) is 0. The van der Waals surface area contributed by atoms with Gasteiger partial charge >= 0.3 is 12.4 Å². The van der Waals surface area contributed by atoms with Crippen LogP contribution in [0.3, 0.4) is 0 Å². The molecule has 0 spiro atoms. The predicted molar refractivity (Wildman–Crippen MR) is 74.8 cm³/mol. The van der Waals surface area contributed by atoms with Crippen molar-refractivity contribution in [1.29, 1.82) is 0 Å². The summed E-state index contributed by atoms with van der Waals surface area (Å²) in [5.74, 6) is 0.0510. The van der Waals surface area contributed by atoms with Gasteiger partial charge in [-0.3, -0.25) is 0 Å². The summed E-state index contributed by atoms with van der Waals surface area (Å²) in [6.07, 6.45) is -8.03. The lowest BCUT2D eigenvalue weighted by Crippen LogP contribution is -2.28. The highest BCUT2D eigenvalue weighted by Gasteiger charge is 2.40. The van der Waals surface area contributed by atoms with E-state index in [4.69, 9.17) is 5.73 Å². The Bertz CT molecular complexity index is 696. The first-order valence-electron chi connectivity index (χ1n) is 6.93. The molecule has 1 atom stereocenters. The third-order valence-corrected chi connectivity index (χ3v) is 3.49. The lowest BCUT2D eigenvalue weighted by atomic mass is 10.0. The molecule has 2 aromatic rings. The molecule has 1 aromatic heterocycles. The molecule has 2 N–H and O–H groups in total. The Hall–Kier alpha value is -1.70. The lowest BCUT2D eigenvalue weighted by molar-refractivity contribution is -0.149. The number of halogens is 6. The van der Waals surface area contributed by atoms with Crippen molar-refractivity contribution < 1.29 is 26.3 Å². The van der Waals surface area contributed by atoms with E-state index < -0.39 is 24.0 Å². The molecule has 1 heterocycles. The predicted octanol–water partition coefficient (Wildman–Crippen LogP) is 4.88. The number of rotatable bonds is 3. The first-order chi connectivity index (χ1) is 10.4. The molecule has 0 aliphatic carbocycles. The summed E-state index contributed by atoms with van der Waals surface area (Å²) in [7, 11) is 0. The maximum atomic E-state index is 12.9. The van der Waals surface area contributed by atoms with Gasteiger partial charge in [-0.1, -0.05) is 19.9 Å². The van der Waals surface area contributed by atoms with Crippen LogP contribution in [0, 0.1) is 5.92 Å². The number of hydrogen-bond donors (Lipinski definition) is 1. The summed E-state index contributed by atoms with van der Waals surface area (Å²) in [6.45, 7) is 3.94. The van der Waals surface area contributed by atoms with E-state index in [2.05, 4.69) is 0 Å². The Balaban J connectivity index is 2.67. The number of nitrogens with two attached hydrogens (primary N) is 1. The van der Waals surface area contributed by atoms with Crippen molar-refractivity contribution in [2.75, 3.05) is 0 Å². The molecule has 0 unspecified atom stereocenters. The zero-order valence-corrected chi connectivity index (χ0v) is 12.5. The number of fused-ring (bicyclic) bond motifs is 1. The molecular formula is C15H16F6N2. The minimum atomic E-state index is -4.67. The van der Waals surface area contributed by atoms with Crippen molar-refractivity contribution in [2.24, 2.45) is 11.7 Å². The highest BCUT2D eigenvalue weighted by Crippen LogP contribution is 2.38. The third kappa shape index (κ3) is 3.63. The molecule has 2 rings (SSSR count). The summed E-state index contributed by atoms with van der Waals surface area (Å²) in [5.41, 5.74) is 4.22. The van der Waals surface area contributed by atoms with Gasteiger partial charge in [0.1, 0.15) is 6.04 Å². The molecule has 1 aromatic carbocycles. The standard InChI is InChI=1S/C15H16F6N2/c1-8(2)6-23-7-11(13(22)15(19,20)21)10-4-3-9(5-12(10)23)14(16,17)18/h3-5,7-8,13H,6,22H2,1-2H3/t13-/m0/s1. The number of benzene rings is 1. The van der Waals surface area contributed by atoms with Crippen LogP contribution in [0.1, 0.15) is 31.0 Å². The monoisotopic (exact) mass is 338 g/mol. The smallest absolute Gasteiger partial charge is 0.347 e. The second-order valence-electron chi connectivity index (χ2n) is 5.88. The SMILES string of the molecule is CC(C)Cn1cc([C@H](N)C(F)(F)F)c2ccc(C(F)(F)F)cc21. The summed E-state index contributed by atoms with van der Waals surface area (Å²) in [6, 6.07) is 0.449. The Labute approximate surface area is 128 Å². The number of nitrogens with zero attached hydrogens (tertiary/aromatic N) is 1. The maximum Gasteiger partial charge on any atom is 0.416 e. The normalized spacial score (nSPS) is 14.7. The number of alkyl halides is 6. The summed E-state index contributed by atoms with van der Waals surface area (Å²) >= 11 is 0. The zero-order valence-electron chi connectivity index (χ0n) is 12.5. The van der Waals surface area contributed by atoms with Crippen LogP contribution in [0.25, 0.3) is 10.9 Å². The molecule has 0 saturated carbocycles. The molecule has 0 bridgehead atoms. The van der Waals surface area contributed by atoms with Gasteiger partial charge < -0.3 is 10.3 Å². The summed E-state index contributed by atoms with van der Waals surface area (Å²) < 4.78 is 78.6. The van der Waals surface area contributed by atoms with Crippen molar-refractivity contribution in [1.82, 2.24) is 4.57 Å². The first kappa shape index (κ1) is 17.7. The Morgan fingerprint density at radius 1 is 1.09 bits per heavy atom. The van der Waals surface area contributed by atoms with Crippen LogP contribution in [0.15, 0.2) is 24.4 Å². The van der Waals surface area contributed by atoms with E-state index in [-0.39, 0.29) is 22.4 Å². The van der Waals surface area contributed by atoms with Gasteiger partial charge in [0.25, 0.3) is 0 Å². The van der Waals surface area contributed by atoms with Crippen LogP contribution >= 0.6 is 0 Å². The second kappa shape index (κ2) is 5.74. The highest BCUT2D eigenvalue weighted by molar-refractivity contribution is 5.85. The maximum absolute atomic E-state index is 12.9. The molecule has 0 radical (unpaired) electrons. The van der Waals surface area contributed by atoms with Crippen LogP contribution < -0.4 is 5.73 Å². The first-order valence-corrected chi connectivity index (χ1v) is 6.93. The van der Waals surface area contributed by atoms with E-state index in [1.54, 1.807) is 0 Å². The van der Waals surface area contributed by atoms with Gasteiger partial charge in [-0.25, -0.2) is 0 Å². The van der Waals surface area contributed by atoms with Gasteiger partial charge in [-0.15, -0.1) is 0 Å². The third-order valence-electron chi connectivity index (χ3n) is 3.49. The molecule has 0 aliphatic rings. The van der Waals surface area contributed by atoms with Gasteiger partial charge in [0.2, 0.25) is 0 Å². The van der Waals surface area contributed by atoms with Crippen molar-refractivity contribution in [3.63, 3.8) is 0 Å². The van der Waals surface area contributed by atoms with Gasteiger partial charge in [0.15, 0.2) is 0 Å². The molecular weight excluding hydrogens is 322 g/mol. The summed E-state index contributed by atoms with van der Waals surface area (Å²) in [5, 5.41) is 0.0866. The van der Waals surface area contributed by atoms with Gasteiger partial charge in [-0.05, 0) is 18.1 Å². The zero-order chi connectivity index (χ0) is 17.6. The van der Waals surface area contributed by atoms with Crippen LogP contribution in [-0.4, -0.2) is 10.7 Å². The van der Waals surface area contributed by atoms with E-state index in [1.165, 1.54) is 10.8 Å². The molecule has 0 aliphatic heterocycles. The van der Waals surface area contributed by atoms with Crippen LogP contribution in [0.5, 0.6) is 0 Å². The van der Waals surface area contributed by atoms with Crippen LogP contribution in [-0.2, 0) is 12.7 Å². The molecule has 128 valence electrons. The van der Waals surface area contributed by atoms with Crippen molar-refractivity contribution >= 4 is 10.9 Å². The topological polar surface area (TPSA) is 30.9 Å². The Kier molecular flexibility index (Phi) is 4.40. The molecule has 23 heavy (non-hydrogen) atoms. The fourth-order valence-electron chi connectivity index (χ4n) is 2.47. The second-order valence-corrected chi connectivity index (χ2v) is 5.88. The molecule has 0 fully saturated rings. The van der Waals surface area contributed by atoms with Crippen LogP contribution in [0.2, 0.25) is 0 Å². The Morgan fingerprint density at radius 2 is 1.70 bits per heavy atom. The largest absolute Gasteiger partial charge is 0.416 e. The minimum absolute atomic E-state index is 0.0510. The van der Waals surface area contributed by atoms with Crippen molar-refractivity contribution in [3.05, 3.63) is 35.5 Å². The molecule has 0 saturated heterocycles. The average Bonchev–Trinajstić information content (AvgIpc) is 2.73. The van der Waals surface area contributed by atoms with E-state index in [9.17, 15) is 26.3 Å². The molecule has 2 nitrogen and oxygen atoms in total. The van der Waals surface area contributed by atoms with E-state index in [1.807, 2.05) is 13.8 Å². The number of aromatic nitrogens is 1. The van der Waals surface area contributed by atoms with Crippen molar-refractivity contribution in [3.8, 4) is 0 Å². The van der Waals surface area contributed by atoms with E-state index in [0.29, 0.717) is 6.54 Å². The van der Waals surface area contributed by atoms with E-state index >= 15 is 0 Å². The molecule has 0 amide bonds. The van der Waals surface area contributed by atoms with Crippen molar-refractivity contribution in [2.45, 2.75) is 38.8 Å². The highest BCUT2D eigenvalue weighted by atomic mass is 19.4. The van der Waals surface area contributed by atoms with Gasteiger partial charge in [0.05, 0.1) is 5.56 Å². The molecule has 8 heteroatoms. The quantitative estimate of drug-likeness (QED) is 0.795. The van der Waals surface area contributed by atoms with Gasteiger partial charge in [0, 0.05) is 29.2 Å². The van der Waals surface area contributed by atoms with Gasteiger partial charge in [-0.2, -0.15) is 26.3 Å². The van der Waals surface area contributed by atoms with E-state index in [0.717, 1.165) is 18.2 Å². The lowest BCUT2D eigenvalue weighted by Gasteiger charge is -2.15. The number of hydrogen-bond acceptors (Lipinski definition) is 1. The Morgan fingerprint density at radius 3 is 2.17 bits per heavy atom. The fourth-order valence-corrected chi connectivity index (χ4v) is 2.47. The average molecular weight is 338 g/mol.